The minimum atomic E-state index is 0.0916. The zero-order valence-corrected chi connectivity index (χ0v) is 6.58. The normalized spacial score (nSPS) is 28.5. The molecule has 0 spiro atoms. The van der Waals surface area contributed by atoms with Crippen LogP contribution in [0.4, 0.5) is 0 Å². The lowest BCUT2D eigenvalue weighted by atomic mass is 10.1. The predicted octanol–water partition coefficient (Wildman–Crippen LogP) is 1.41. The van der Waals surface area contributed by atoms with E-state index in [0.717, 1.165) is 18.7 Å². The number of aromatic nitrogens is 1. The standard InChI is InChI=1S/C9H11NO/c1-9(7-11-9)6-8-4-2-3-5-10-8/h2-5H,6-7H2,1H3. The maximum absolute atomic E-state index is 5.26. The van der Waals surface area contributed by atoms with Gasteiger partial charge in [0.2, 0.25) is 0 Å². The van der Waals surface area contributed by atoms with Crippen LogP contribution in [-0.4, -0.2) is 17.2 Å². The van der Waals surface area contributed by atoms with Gasteiger partial charge in [0.05, 0.1) is 12.2 Å². The molecule has 1 unspecified atom stereocenters. The van der Waals surface area contributed by atoms with Gasteiger partial charge in [0, 0.05) is 18.3 Å². The Kier molecular flexibility index (Phi) is 1.43. The van der Waals surface area contributed by atoms with Gasteiger partial charge in [-0.3, -0.25) is 4.98 Å². The Bertz CT molecular complexity index is 241. The van der Waals surface area contributed by atoms with E-state index < -0.39 is 0 Å². The second-order valence-electron chi connectivity index (χ2n) is 3.24. The first kappa shape index (κ1) is 6.80. The SMILES string of the molecule is CC1(Cc2ccccn2)CO1. The van der Waals surface area contributed by atoms with E-state index in [-0.39, 0.29) is 5.60 Å². The first-order valence-corrected chi connectivity index (χ1v) is 3.82. The van der Waals surface area contributed by atoms with Crippen molar-refractivity contribution in [3.63, 3.8) is 0 Å². The molecule has 1 aromatic heterocycles. The average Bonchev–Trinajstić information content (AvgIpc) is 2.70. The molecule has 1 atom stereocenters. The summed E-state index contributed by atoms with van der Waals surface area (Å²) < 4.78 is 5.26. The van der Waals surface area contributed by atoms with Gasteiger partial charge in [0.1, 0.15) is 0 Å². The van der Waals surface area contributed by atoms with E-state index in [4.69, 9.17) is 4.74 Å². The number of pyridine rings is 1. The Balaban J connectivity index is 2.07. The maximum Gasteiger partial charge on any atom is 0.0943 e. The van der Waals surface area contributed by atoms with Gasteiger partial charge in [-0.05, 0) is 19.1 Å². The molecule has 2 heterocycles. The highest BCUT2D eigenvalue weighted by molar-refractivity contribution is 5.09. The molecule has 0 N–H and O–H groups in total. The summed E-state index contributed by atoms with van der Waals surface area (Å²) in [5.41, 5.74) is 1.21. The maximum atomic E-state index is 5.26. The van der Waals surface area contributed by atoms with Crippen LogP contribution >= 0.6 is 0 Å². The van der Waals surface area contributed by atoms with E-state index in [2.05, 4.69) is 11.9 Å². The molecule has 1 saturated heterocycles. The summed E-state index contributed by atoms with van der Waals surface area (Å²) >= 11 is 0. The van der Waals surface area contributed by atoms with Gasteiger partial charge in [-0.2, -0.15) is 0 Å². The molecule has 0 saturated carbocycles. The summed E-state index contributed by atoms with van der Waals surface area (Å²) in [6, 6.07) is 5.97. The van der Waals surface area contributed by atoms with Crippen LogP contribution in [0, 0.1) is 0 Å². The topological polar surface area (TPSA) is 25.4 Å². The van der Waals surface area contributed by atoms with E-state index in [1.165, 1.54) is 0 Å². The Hall–Kier alpha value is -0.890. The van der Waals surface area contributed by atoms with Crippen LogP contribution < -0.4 is 0 Å². The molecule has 1 fully saturated rings. The Morgan fingerprint density at radius 2 is 2.45 bits per heavy atom. The second kappa shape index (κ2) is 2.31. The van der Waals surface area contributed by atoms with Crippen molar-refractivity contribution < 1.29 is 4.74 Å². The van der Waals surface area contributed by atoms with Gasteiger partial charge in [-0.25, -0.2) is 0 Å². The summed E-state index contributed by atoms with van der Waals surface area (Å²) in [7, 11) is 0. The second-order valence-corrected chi connectivity index (χ2v) is 3.24. The largest absolute Gasteiger partial charge is 0.369 e. The first-order valence-electron chi connectivity index (χ1n) is 3.82. The van der Waals surface area contributed by atoms with Gasteiger partial charge >= 0.3 is 0 Å². The van der Waals surface area contributed by atoms with Crippen LogP contribution in [0.5, 0.6) is 0 Å². The first-order chi connectivity index (χ1) is 5.29. The van der Waals surface area contributed by atoms with Gasteiger partial charge in [0.15, 0.2) is 0 Å². The van der Waals surface area contributed by atoms with E-state index in [9.17, 15) is 0 Å². The van der Waals surface area contributed by atoms with Crippen LogP contribution in [0.25, 0.3) is 0 Å². The van der Waals surface area contributed by atoms with Crippen LogP contribution in [0.1, 0.15) is 12.6 Å². The Morgan fingerprint density at radius 3 is 3.00 bits per heavy atom. The molecule has 1 aliphatic heterocycles. The predicted molar refractivity (Wildman–Crippen MR) is 42.3 cm³/mol. The van der Waals surface area contributed by atoms with Gasteiger partial charge in [-0.15, -0.1) is 0 Å². The summed E-state index contributed by atoms with van der Waals surface area (Å²) in [4.78, 5) is 4.22. The highest BCUT2D eigenvalue weighted by Gasteiger charge is 2.39. The number of ether oxygens (including phenoxy) is 1. The molecule has 0 bridgehead atoms. The minimum Gasteiger partial charge on any atom is -0.369 e. The molecule has 1 aliphatic rings. The fourth-order valence-corrected chi connectivity index (χ4v) is 1.11. The van der Waals surface area contributed by atoms with Crippen molar-refractivity contribution in [3.05, 3.63) is 30.1 Å². The van der Waals surface area contributed by atoms with Crippen molar-refractivity contribution in [1.29, 1.82) is 0 Å². The summed E-state index contributed by atoms with van der Waals surface area (Å²) in [5.74, 6) is 0. The van der Waals surface area contributed by atoms with Crippen molar-refractivity contribution >= 4 is 0 Å². The van der Waals surface area contributed by atoms with Crippen LogP contribution in [-0.2, 0) is 11.2 Å². The summed E-state index contributed by atoms with van der Waals surface area (Å²) in [5, 5.41) is 0. The van der Waals surface area contributed by atoms with Crippen molar-refractivity contribution in [2.24, 2.45) is 0 Å². The molecule has 2 nitrogen and oxygen atoms in total. The third-order valence-corrected chi connectivity index (χ3v) is 1.92. The fourth-order valence-electron chi connectivity index (χ4n) is 1.11. The quantitative estimate of drug-likeness (QED) is 0.594. The monoisotopic (exact) mass is 149 g/mol. The molecule has 0 aromatic carbocycles. The van der Waals surface area contributed by atoms with Crippen molar-refractivity contribution in [3.8, 4) is 0 Å². The molecule has 1 aromatic rings. The van der Waals surface area contributed by atoms with Crippen molar-refractivity contribution in [1.82, 2.24) is 4.98 Å². The smallest absolute Gasteiger partial charge is 0.0943 e. The zero-order chi connectivity index (χ0) is 7.73. The number of hydrogen-bond acceptors (Lipinski definition) is 2. The molecule has 2 rings (SSSR count). The van der Waals surface area contributed by atoms with Crippen LogP contribution in [0.2, 0.25) is 0 Å². The average molecular weight is 149 g/mol. The number of rotatable bonds is 2. The number of nitrogens with zero attached hydrogens (tertiary/aromatic N) is 1. The van der Waals surface area contributed by atoms with Crippen LogP contribution in [0.15, 0.2) is 24.4 Å². The Labute approximate surface area is 66.2 Å². The lowest BCUT2D eigenvalue weighted by molar-refractivity contribution is 0.320. The van der Waals surface area contributed by atoms with Crippen LogP contribution in [0.3, 0.4) is 0 Å². The lowest BCUT2D eigenvalue weighted by Crippen LogP contribution is -2.09. The third-order valence-electron chi connectivity index (χ3n) is 1.92. The van der Waals surface area contributed by atoms with E-state index in [1.807, 2.05) is 24.4 Å². The van der Waals surface area contributed by atoms with Crippen molar-refractivity contribution in [2.75, 3.05) is 6.61 Å². The molecule has 0 aliphatic carbocycles. The molecule has 2 heteroatoms. The van der Waals surface area contributed by atoms with Gasteiger partial charge in [-0.1, -0.05) is 6.07 Å². The van der Waals surface area contributed by atoms with E-state index in [0.29, 0.717) is 0 Å². The van der Waals surface area contributed by atoms with E-state index >= 15 is 0 Å². The molecule has 11 heavy (non-hydrogen) atoms. The highest BCUT2D eigenvalue weighted by atomic mass is 16.6. The Morgan fingerprint density at radius 1 is 1.64 bits per heavy atom. The van der Waals surface area contributed by atoms with E-state index in [1.54, 1.807) is 0 Å². The fraction of sp³-hybridized carbons (Fsp3) is 0.444. The zero-order valence-electron chi connectivity index (χ0n) is 6.58. The summed E-state index contributed by atoms with van der Waals surface area (Å²) in [6.45, 7) is 2.99. The summed E-state index contributed by atoms with van der Waals surface area (Å²) in [6.07, 6.45) is 2.76. The number of hydrogen-bond donors (Lipinski definition) is 0. The van der Waals surface area contributed by atoms with Crippen molar-refractivity contribution in [2.45, 2.75) is 18.9 Å². The van der Waals surface area contributed by atoms with Gasteiger partial charge < -0.3 is 4.74 Å². The molecular weight excluding hydrogens is 138 g/mol. The van der Waals surface area contributed by atoms with Gasteiger partial charge in [0.25, 0.3) is 0 Å². The minimum absolute atomic E-state index is 0.0916. The molecule has 0 radical (unpaired) electrons. The highest BCUT2D eigenvalue weighted by Crippen LogP contribution is 2.29. The third kappa shape index (κ3) is 1.57. The molecule has 58 valence electrons. The molecule has 0 amide bonds. The molecular formula is C9H11NO. The number of epoxide rings is 1. The lowest BCUT2D eigenvalue weighted by Gasteiger charge is -2.02.